The van der Waals surface area contributed by atoms with Crippen molar-refractivity contribution in [3.63, 3.8) is 0 Å². The van der Waals surface area contributed by atoms with E-state index >= 15 is 0 Å². The summed E-state index contributed by atoms with van der Waals surface area (Å²) in [5, 5.41) is 14.3. The van der Waals surface area contributed by atoms with Crippen molar-refractivity contribution in [1.82, 2.24) is 0 Å². The highest BCUT2D eigenvalue weighted by Crippen LogP contribution is 2.21. The Morgan fingerprint density at radius 2 is 1.70 bits per heavy atom. The van der Waals surface area contributed by atoms with Crippen molar-refractivity contribution in [2.45, 2.75) is 6.92 Å². The molecule has 2 aromatic carbocycles. The van der Waals surface area contributed by atoms with Crippen molar-refractivity contribution in [3.05, 3.63) is 58.6 Å². The number of hydrogen-bond acceptors (Lipinski definition) is 3. The van der Waals surface area contributed by atoms with E-state index in [0.717, 1.165) is 0 Å². The van der Waals surface area contributed by atoms with Crippen molar-refractivity contribution < 1.29 is 19.5 Å². The van der Waals surface area contributed by atoms with Crippen molar-refractivity contribution in [2.75, 3.05) is 10.6 Å². The molecule has 6 nitrogen and oxygen atoms in total. The van der Waals surface area contributed by atoms with E-state index in [1.54, 1.807) is 18.2 Å². The summed E-state index contributed by atoms with van der Waals surface area (Å²) in [5.41, 5.74) is 1.02. The molecule has 0 aliphatic carbocycles. The highest BCUT2D eigenvalue weighted by Gasteiger charge is 2.12. The summed E-state index contributed by atoms with van der Waals surface area (Å²) in [4.78, 5) is 34.3. The Bertz CT molecular complexity index is 789. The van der Waals surface area contributed by atoms with E-state index < -0.39 is 11.9 Å². The molecular weight excluding hydrogens is 320 g/mol. The van der Waals surface area contributed by atoms with Crippen LogP contribution in [0.2, 0.25) is 5.02 Å². The molecule has 0 atom stereocenters. The number of anilines is 2. The minimum Gasteiger partial charge on any atom is -0.478 e. The lowest BCUT2D eigenvalue weighted by molar-refractivity contribution is -0.114. The summed E-state index contributed by atoms with van der Waals surface area (Å²) in [6, 6.07) is 10.6. The normalized spacial score (nSPS) is 10.0. The van der Waals surface area contributed by atoms with Gasteiger partial charge in [-0.05, 0) is 36.4 Å². The number of halogens is 1. The van der Waals surface area contributed by atoms with Gasteiger partial charge in [-0.3, -0.25) is 9.59 Å². The molecule has 2 amide bonds. The van der Waals surface area contributed by atoms with Crippen LogP contribution in [-0.2, 0) is 4.79 Å². The van der Waals surface area contributed by atoms with E-state index in [1.807, 2.05) is 0 Å². The van der Waals surface area contributed by atoms with E-state index in [1.165, 1.54) is 31.2 Å². The third kappa shape index (κ3) is 4.31. The van der Waals surface area contributed by atoms with Crippen LogP contribution in [0.1, 0.15) is 27.6 Å². The monoisotopic (exact) mass is 332 g/mol. The molecule has 0 aliphatic rings. The fraction of sp³-hybridized carbons (Fsp3) is 0.0625. The van der Waals surface area contributed by atoms with Crippen LogP contribution in [-0.4, -0.2) is 22.9 Å². The van der Waals surface area contributed by atoms with E-state index in [-0.39, 0.29) is 16.5 Å². The first-order valence-corrected chi connectivity index (χ1v) is 6.96. The highest BCUT2D eigenvalue weighted by atomic mass is 35.5. The lowest BCUT2D eigenvalue weighted by Crippen LogP contribution is -2.13. The number of carboxylic acids is 1. The average Bonchev–Trinajstić information content (AvgIpc) is 2.48. The molecule has 0 unspecified atom stereocenters. The van der Waals surface area contributed by atoms with E-state index in [0.29, 0.717) is 16.9 Å². The molecule has 2 aromatic rings. The van der Waals surface area contributed by atoms with Crippen LogP contribution in [0.4, 0.5) is 11.4 Å². The fourth-order valence-electron chi connectivity index (χ4n) is 1.91. The summed E-state index contributed by atoms with van der Waals surface area (Å²) in [6.07, 6.45) is 0. The Balaban J connectivity index is 2.21. The second-order valence-electron chi connectivity index (χ2n) is 4.72. The van der Waals surface area contributed by atoms with Gasteiger partial charge in [-0.15, -0.1) is 0 Å². The summed E-state index contributed by atoms with van der Waals surface area (Å²) in [6.45, 7) is 1.37. The predicted octanol–water partition coefficient (Wildman–Crippen LogP) is 3.25. The molecule has 0 heterocycles. The Morgan fingerprint density at radius 3 is 2.35 bits per heavy atom. The Labute approximate surface area is 137 Å². The molecule has 23 heavy (non-hydrogen) atoms. The minimum absolute atomic E-state index is 0.0863. The predicted molar refractivity (Wildman–Crippen MR) is 87.1 cm³/mol. The second-order valence-corrected chi connectivity index (χ2v) is 5.12. The molecule has 0 spiro atoms. The number of rotatable bonds is 4. The first kappa shape index (κ1) is 16.5. The SMILES string of the molecule is CC(=O)Nc1cccc(C(=O)Nc2ccc(Cl)c(C(=O)O)c2)c1. The van der Waals surface area contributed by atoms with Crippen molar-refractivity contribution in [2.24, 2.45) is 0 Å². The number of carboxylic acid groups (broad SMARTS) is 1. The molecule has 0 aromatic heterocycles. The molecule has 0 saturated heterocycles. The summed E-state index contributed by atoms with van der Waals surface area (Å²) >= 11 is 5.78. The Kier molecular flexibility index (Phi) is 4.98. The van der Waals surface area contributed by atoms with Gasteiger partial charge in [0.15, 0.2) is 0 Å². The zero-order valence-corrected chi connectivity index (χ0v) is 12.8. The third-order valence-corrected chi connectivity index (χ3v) is 3.23. The van der Waals surface area contributed by atoms with Crippen LogP contribution in [0, 0.1) is 0 Å². The van der Waals surface area contributed by atoms with Gasteiger partial charge < -0.3 is 15.7 Å². The first-order valence-electron chi connectivity index (χ1n) is 6.58. The van der Waals surface area contributed by atoms with E-state index in [9.17, 15) is 14.4 Å². The van der Waals surface area contributed by atoms with Gasteiger partial charge in [0.05, 0.1) is 10.6 Å². The molecule has 0 radical (unpaired) electrons. The van der Waals surface area contributed by atoms with Crippen LogP contribution < -0.4 is 10.6 Å². The van der Waals surface area contributed by atoms with Crippen molar-refractivity contribution in [1.29, 1.82) is 0 Å². The van der Waals surface area contributed by atoms with Gasteiger partial charge in [-0.1, -0.05) is 17.7 Å². The molecule has 0 bridgehead atoms. The zero-order valence-electron chi connectivity index (χ0n) is 12.1. The largest absolute Gasteiger partial charge is 0.478 e. The summed E-state index contributed by atoms with van der Waals surface area (Å²) in [7, 11) is 0. The number of carbonyl (C=O) groups excluding carboxylic acids is 2. The number of nitrogens with one attached hydrogen (secondary N) is 2. The third-order valence-electron chi connectivity index (χ3n) is 2.90. The van der Waals surface area contributed by atoms with Crippen molar-refractivity contribution >= 4 is 40.8 Å². The Morgan fingerprint density at radius 1 is 1.00 bits per heavy atom. The van der Waals surface area contributed by atoms with Gasteiger partial charge in [0.25, 0.3) is 5.91 Å². The maximum atomic E-state index is 12.2. The number of amides is 2. The molecule has 0 fully saturated rings. The van der Waals surface area contributed by atoms with Gasteiger partial charge in [-0.25, -0.2) is 4.79 Å². The van der Waals surface area contributed by atoms with Crippen LogP contribution in [0.3, 0.4) is 0 Å². The molecular formula is C16H13ClN2O4. The summed E-state index contributed by atoms with van der Waals surface area (Å²) in [5.74, 6) is -1.86. The molecule has 7 heteroatoms. The standard InChI is InChI=1S/C16H13ClN2O4/c1-9(20)18-11-4-2-3-10(7-11)15(21)19-12-5-6-14(17)13(8-12)16(22)23/h2-8H,1H3,(H,18,20)(H,19,21)(H,22,23). The number of carbonyl (C=O) groups is 3. The first-order chi connectivity index (χ1) is 10.9. The van der Waals surface area contributed by atoms with Gasteiger partial charge in [0.1, 0.15) is 0 Å². The van der Waals surface area contributed by atoms with Gasteiger partial charge >= 0.3 is 5.97 Å². The van der Waals surface area contributed by atoms with Gasteiger partial charge in [0.2, 0.25) is 5.91 Å². The lowest BCUT2D eigenvalue weighted by atomic mass is 10.1. The minimum atomic E-state index is -1.18. The van der Waals surface area contributed by atoms with Crippen LogP contribution >= 0.6 is 11.6 Å². The molecule has 2 rings (SSSR count). The number of aromatic carboxylic acids is 1. The smallest absolute Gasteiger partial charge is 0.337 e. The second kappa shape index (κ2) is 6.93. The maximum absolute atomic E-state index is 12.2. The van der Waals surface area contributed by atoms with Crippen LogP contribution in [0.15, 0.2) is 42.5 Å². The Hall–Kier alpha value is -2.86. The zero-order chi connectivity index (χ0) is 17.0. The van der Waals surface area contributed by atoms with E-state index in [4.69, 9.17) is 16.7 Å². The fourth-order valence-corrected chi connectivity index (χ4v) is 2.11. The lowest BCUT2D eigenvalue weighted by Gasteiger charge is -2.08. The number of benzene rings is 2. The highest BCUT2D eigenvalue weighted by molar-refractivity contribution is 6.33. The topological polar surface area (TPSA) is 95.5 Å². The quantitative estimate of drug-likeness (QED) is 0.800. The molecule has 0 aliphatic heterocycles. The van der Waals surface area contributed by atoms with Crippen LogP contribution in [0.5, 0.6) is 0 Å². The molecule has 118 valence electrons. The number of hydrogen-bond donors (Lipinski definition) is 3. The van der Waals surface area contributed by atoms with Crippen molar-refractivity contribution in [3.8, 4) is 0 Å². The molecule has 3 N–H and O–H groups in total. The average molecular weight is 333 g/mol. The van der Waals surface area contributed by atoms with Crippen LogP contribution in [0.25, 0.3) is 0 Å². The maximum Gasteiger partial charge on any atom is 0.337 e. The molecule has 0 saturated carbocycles. The summed E-state index contributed by atoms with van der Waals surface area (Å²) < 4.78 is 0. The van der Waals surface area contributed by atoms with Gasteiger partial charge in [-0.2, -0.15) is 0 Å². The van der Waals surface area contributed by atoms with E-state index in [2.05, 4.69) is 10.6 Å². The van der Waals surface area contributed by atoms with Gasteiger partial charge in [0, 0.05) is 23.9 Å².